The second-order valence-corrected chi connectivity index (χ2v) is 6.97. The van der Waals surface area contributed by atoms with Crippen molar-refractivity contribution in [2.45, 2.75) is 25.8 Å². The van der Waals surface area contributed by atoms with Crippen molar-refractivity contribution >= 4 is 11.8 Å². The third-order valence-electron chi connectivity index (χ3n) is 4.25. The van der Waals surface area contributed by atoms with E-state index < -0.39 is 0 Å². The smallest absolute Gasteiger partial charge is 0.0991 e. The van der Waals surface area contributed by atoms with E-state index in [1.807, 2.05) is 17.1 Å². The molecule has 1 aromatic heterocycles. The summed E-state index contributed by atoms with van der Waals surface area (Å²) in [6.07, 6.45) is 8.34. The number of thioether (sulfide) groups is 1. The molecule has 0 radical (unpaired) electrons. The zero-order valence-electron chi connectivity index (χ0n) is 12.5. The first-order valence-electron chi connectivity index (χ1n) is 7.72. The molecule has 0 saturated carbocycles. The maximum atomic E-state index is 4.09. The third kappa shape index (κ3) is 3.89. The Morgan fingerprint density at radius 3 is 2.71 bits per heavy atom. The fourth-order valence-electron chi connectivity index (χ4n) is 2.76. The van der Waals surface area contributed by atoms with Crippen LogP contribution in [0, 0.1) is 5.92 Å². The number of nitrogens with one attached hydrogen (secondary N) is 1. The minimum Gasteiger partial charge on any atom is -0.310 e. The Kier molecular flexibility index (Phi) is 4.99. The van der Waals surface area contributed by atoms with Gasteiger partial charge in [0.2, 0.25) is 0 Å². The van der Waals surface area contributed by atoms with Crippen LogP contribution in [0.1, 0.15) is 31.4 Å². The predicted molar refractivity (Wildman–Crippen MR) is 90.0 cm³/mol. The van der Waals surface area contributed by atoms with Gasteiger partial charge >= 0.3 is 0 Å². The highest BCUT2D eigenvalue weighted by Gasteiger charge is 2.14. The summed E-state index contributed by atoms with van der Waals surface area (Å²) >= 11 is 2.09. The zero-order chi connectivity index (χ0) is 14.5. The van der Waals surface area contributed by atoms with Crippen molar-refractivity contribution in [1.29, 1.82) is 0 Å². The Morgan fingerprint density at radius 1 is 1.29 bits per heavy atom. The molecule has 1 N–H and O–H groups in total. The lowest BCUT2D eigenvalue weighted by Gasteiger charge is -2.24. The summed E-state index contributed by atoms with van der Waals surface area (Å²) in [7, 11) is 0. The molecule has 0 amide bonds. The van der Waals surface area contributed by atoms with Gasteiger partial charge in [-0.25, -0.2) is 4.98 Å². The van der Waals surface area contributed by atoms with Crippen LogP contribution in [0.2, 0.25) is 0 Å². The lowest BCUT2D eigenvalue weighted by molar-refractivity contribution is 0.421. The molecule has 3 nitrogen and oxygen atoms in total. The maximum Gasteiger partial charge on any atom is 0.0991 e. The Hall–Kier alpha value is -1.26. The van der Waals surface area contributed by atoms with Crippen LogP contribution in [-0.2, 0) is 0 Å². The van der Waals surface area contributed by atoms with Gasteiger partial charge in [0.25, 0.3) is 0 Å². The normalized spacial score (nSPS) is 17.8. The summed E-state index contributed by atoms with van der Waals surface area (Å²) in [6, 6.07) is 9.16. The van der Waals surface area contributed by atoms with E-state index in [-0.39, 0.29) is 0 Å². The molecule has 112 valence electrons. The largest absolute Gasteiger partial charge is 0.310 e. The Balaban J connectivity index is 1.55. The Morgan fingerprint density at radius 2 is 2.05 bits per heavy atom. The van der Waals surface area contributed by atoms with E-state index in [4.69, 9.17) is 0 Å². The Labute approximate surface area is 131 Å². The van der Waals surface area contributed by atoms with Crippen LogP contribution in [0.4, 0.5) is 0 Å². The van der Waals surface area contributed by atoms with E-state index in [2.05, 4.69) is 53.3 Å². The van der Waals surface area contributed by atoms with Crippen LogP contribution in [0.5, 0.6) is 0 Å². The molecule has 1 aliphatic rings. The van der Waals surface area contributed by atoms with Gasteiger partial charge in [0.1, 0.15) is 0 Å². The number of aromatic nitrogens is 2. The first-order valence-corrected chi connectivity index (χ1v) is 8.88. The summed E-state index contributed by atoms with van der Waals surface area (Å²) in [5.41, 5.74) is 2.51. The predicted octanol–water partition coefficient (Wildman–Crippen LogP) is 3.67. The fourth-order valence-corrected chi connectivity index (χ4v) is 3.96. The zero-order valence-corrected chi connectivity index (χ0v) is 13.4. The standard InChI is InChI=1S/C17H23N3S/c1-14(19-12-15-6-10-21-11-7-15)16-2-4-17(5-3-16)20-9-8-18-13-20/h2-5,8-9,13-15,19H,6-7,10-12H2,1H3. The second kappa shape index (κ2) is 7.14. The van der Waals surface area contributed by atoms with E-state index in [1.54, 1.807) is 6.20 Å². The quantitative estimate of drug-likeness (QED) is 0.914. The van der Waals surface area contributed by atoms with Crippen LogP contribution in [0.3, 0.4) is 0 Å². The summed E-state index contributed by atoms with van der Waals surface area (Å²) in [6.45, 7) is 3.40. The molecule has 1 unspecified atom stereocenters. The molecule has 3 rings (SSSR count). The van der Waals surface area contributed by atoms with Gasteiger partial charge in [-0.2, -0.15) is 11.8 Å². The molecule has 1 fully saturated rings. The molecule has 1 saturated heterocycles. The SMILES string of the molecule is CC(NCC1CCSCC1)c1ccc(-n2ccnc2)cc1. The van der Waals surface area contributed by atoms with Crippen LogP contribution in [-0.4, -0.2) is 27.6 Å². The monoisotopic (exact) mass is 301 g/mol. The van der Waals surface area contributed by atoms with Gasteiger partial charge in [0, 0.05) is 24.1 Å². The van der Waals surface area contributed by atoms with Crippen molar-refractivity contribution in [3.63, 3.8) is 0 Å². The highest BCUT2D eigenvalue weighted by atomic mass is 32.2. The second-order valence-electron chi connectivity index (χ2n) is 5.75. The molecule has 1 aromatic carbocycles. The summed E-state index contributed by atoms with van der Waals surface area (Å²) in [4.78, 5) is 4.09. The molecule has 1 aliphatic heterocycles. The Bertz CT molecular complexity index is 530. The van der Waals surface area contributed by atoms with Gasteiger partial charge in [0.05, 0.1) is 6.33 Å². The van der Waals surface area contributed by atoms with Gasteiger partial charge in [0.15, 0.2) is 0 Å². The molecule has 1 atom stereocenters. The van der Waals surface area contributed by atoms with Gasteiger partial charge < -0.3 is 9.88 Å². The molecule has 2 aromatic rings. The number of nitrogens with zero attached hydrogens (tertiary/aromatic N) is 2. The molecule has 21 heavy (non-hydrogen) atoms. The third-order valence-corrected chi connectivity index (χ3v) is 5.30. The molecule has 0 spiro atoms. The summed E-state index contributed by atoms with van der Waals surface area (Å²) in [5, 5.41) is 3.69. The molecule has 0 aliphatic carbocycles. The summed E-state index contributed by atoms with van der Waals surface area (Å²) < 4.78 is 2.03. The minimum atomic E-state index is 0.413. The van der Waals surface area contributed by atoms with Gasteiger partial charge in [-0.3, -0.25) is 0 Å². The van der Waals surface area contributed by atoms with Gasteiger partial charge in [-0.05, 0) is 61.4 Å². The number of benzene rings is 1. The molecule has 2 heterocycles. The fraction of sp³-hybridized carbons (Fsp3) is 0.471. The topological polar surface area (TPSA) is 29.9 Å². The van der Waals surface area contributed by atoms with Crippen molar-refractivity contribution in [1.82, 2.24) is 14.9 Å². The van der Waals surface area contributed by atoms with Gasteiger partial charge in [-0.15, -0.1) is 0 Å². The molecule has 4 heteroatoms. The molecular weight excluding hydrogens is 278 g/mol. The lowest BCUT2D eigenvalue weighted by Crippen LogP contribution is -2.28. The minimum absolute atomic E-state index is 0.413. The van der Waals surface area contributed by atoms with Crippen molar-refractivity contribution in [3.05, 3.63) is 48.5 Å². The maximum absolute atomic E-state index is 4.09. The number of imidazole rings is 1. The van der Waals surface area contributed by atoms with Crippen molar-refractivity contribution < 1.29 is 0 Å². The first kappa shape index (κ1) is 14.7. The van der Waals surface area contributed by atoms with E-state index in [0.717, 1.165) is 18.2 Å². The highest BCUT2D eigenvalue weighted by molar-refractivity contribution is 7.99. The number of hydrogen-bond donors (Lipinski definition) is 1. The average Bonchev–Trinajstić information content (AvgIpc) is 3.08. The van der Waals surface area contributed by atoms with Crippen molar-refractivity contribution in [2.75, 3.05) is 18.1 Å². The van der Waals surface area contributed by atoms with Crippen LogP contribution in [0.15, 0.2) is 43.0 Å². The molecular formula is C17H23N3S. The number of hydrogen-bond acceptors (Lipinski definition) is 3. The van der Waals surface area contributed by atoms with Crippen molar-refractivity contribution in [2.24, 2.45) is 5.92 Å². The van der Waals surface area contributed by atoms with Crippen molar-refractivity contribution in [3.8, 4) is 5.69 Å². The van der Waals surface area contributed by atoms with Crippen LogP contribution >= 0.6 is 11.8 Å². The number of rotatable bonds is 5. The lowest BCUT2D eigenvalue weighted by atomic mass is 10.0. The first-order chi connectivity index (χ1) is 10.3. The van der Waals surface area contributed by atoms with Gasteiger partial charge in [-0.1, -0.05) is 12.1 Å². The van der Waals surface area contributed by atoms with E-state index in [1.165, 1.54) is 29.9 Å². The molecule has 0 bridgehead atoms. The van der Waals surface area contributed by atoms with E-state index >= 15 is 0 Å². The van der Waals surface area contributed by atoms with Crippen LogP contribution < -0.4 is 5.32 Å². The van der Waals surface area contributed by atoms with E-state index in [0.29, 0.717) is 6.04 Å². The summed E-state index contributed by atoms with van der Waals surface area (Å²) in [5.74, 6) is 3.53. The van der Waals surface area contributed by atoms with Crippen LogP contribution in [0.25, 0.3) is 5.69 Å². The average molecular weight is 301 g/mol. The van der Waals surface area contributed by atoms with E-state index in [9.17, 15) is 0 Å². The highest BCUT2D eigenvalue weighted by Crippen LogP contribution is 2.23.